The van der Waals surface area contributed by atoms with Crippen molar-refractivity contribution in [3.05, 3.63) is 107 Å². The van der Waals surface area contributed by atoms with E-state index in [1.165, 1.54) is 13.1 Å². The summed E-state index contributed by atoms with van der Waals surface area (Å²) in [5, 5.41) is 13.9. The van der Waals surface area contributed by atoms with Crippen molar-refractivity contribution < 1.29 is 23.5 Å². The largest absolute Gasteiger partial charge is 0.466 e. The number of oxime groups is 1. The predicted molar refractivity (Wildman–Crippen MR) is 133 cm³/mol. The van der Waals surface area contributed by atoms with Crippen molar-refractivity contribution in [1.82, 2.24) is 5.32 Å². The summed E-state index contributed by atoms with van der Waals surface area (Å²) >= 11 is 0. The Bertz CT molecular complexity index is 1210. The summed E-state index contributed by atoms with van der Waals surface area (Å²) in [5.41, 5.74) is 3.19. The van der Waals surface area contributed by atoms with E-state index in [9.17, 15) is 9.18 Å². The number of carbonyl (C=O) groups excluding carboxylic acids is 1. The van der Waals surface area contributed by atoms with Crippen molar-refractivity contribution in [3.8, 4) is 5.75 Å². The van der Waals surface area contributed by atoms with E-state index in [1.807, 2.05) is 24.3 Å². The van der Waals surface area contributed by atoms with Crippen LogP contribution in [0.1, 0.15) is 35.3 Å². The predicted octanol–water partition coefficient (Wildman–Crippen LogP) is 5.39. The van der Waals surface area contributed by atoms with Gasteiger partial charge in [0.15, 0.2) is 6.40 Å². The molecule has 7 nitrogen and oxygen atoms in total. The third kappa shape index (κ3) is 7.26. The van der Waals surface area contributed by atoms with Gasteiger partial charge in [-0.05, 0) is 30.2 Å². The smallest absolute Gasteiger partial charge is 0.278 e. The van der Waals surface area contributed by atoms with Gasteiger partial charge in [-0.15, -0.1) is 0 Å². The Hall–Kier alpha value is -4.46. The number of carbonyl (C=O) groups is 1. The average molecular weight is 476 g/mol. The molecule has 0 saturated carbocycles. The zero-order valence-electron chi connectivity index (χ0n) is 19.4. The van der Waals surface area contributed by atoms with Gasteiger partial charge >= 0.3 is 0 Å². The maximum absolute atomic E-state index is 14.3. The lowest BCUT2D eigenvalue weighted by Crippen LogP contribution is -2.28. The molecule has 0 bridgehead atoms. The van der Waals surface area contributed by atoms with Crippen LogP contribution in [0.15, 0.2) is 90.0 Å². The van der Waals surface area contributed by atoms with Gasteiger partial charge in [0.25, 0.3) is 11.9 Å². The van der Waals surface area contributed by atoms with Crippen molar-refractivity contribution in [2.45, 2.75) is 19.6 Å². The van der Waals surface area contributed by atoms with Crippen LogP contribution in [0, 0.1) is 5.41 Å². The summed E-state index contributed by atoms with van der Waals surface area (Å²) in [6.07, 6.45) is 1.06. The second kappa shape index (κ2) is 12.7. The normalized spacial score (nSPS) is 12.4. The number of halogens is 1. The molecule has 0 spiro atoms. The molecule has 0 aliphatic rings. The molecule has 1 amide bonds. The van der Waals surface area contributed by atoms with Gasteiger partial charge in [0.2, 0.25) is 6.10 Å². The Labute approximate surface area is 203 Å². The second-order valence-corrected chi connectivity index (χ2v) is 7.39. The molecule has 3 aromatic carbocycles. The molecule has 0 fully saturated rings. The van der Waals surface area contributed by atoms with E-state index in [-0.39, 0.29) is 12.5 Å². The van der Waals surface area contributed by atoms with Crippen molar-refractivity contribution in [2.75, 3.05) is 7.05 Å². The first kappa shape index (κ1) is 25.2. The van der Waals surface area contributed by atoms with Crippen LogP contribution in [-0.4, -0.2) is 25.1 Å². The summed E-state index contributed by atoms with van der Waals surface area (Å²) in [5.74, 6) is -0.0599. The number of nitrogens with one attached hydrogen (secondary N) is 2. The summed E-state index contributed by atoms with van der Waals surface area (Å²) in [4.78, 5) is 17.7. The summed E-state index contributed by atoms with van der Waals surface area (Å²) in [7, 11) is 1.50. The lowest BCUT2D eigenvalue weighted by molar-refractivity contribution is -0.128. The summed E-state index contributed by atoms with van der Waals surface area (Å²) in [6, 6.07) is 22.3. The number of hydrogen-bond acceptors (Lipinski definition) is 6. The van der Waals surface area contributed by atoms with E-state index in [0.717, 1.165) is 6.40 Å². The van der Waals surface area contributed by atoms with Gasteiger partial charge in [0, 0.05) is 24.3 Å². The fourth-order valence-corrected chi connectivity index (χ4v) is 3.26. The molecule has 8 heteroatoms. The highest BCUT2D eigenvalue weighted by Crippen LogP contribution is 2.23. The Morgan fingerprint density at radius 2 is 1.83 bits per heavy atom. The van der Waals surface area contributed by atoms with Crippen LogP contribution < -0.4 is 10.1 Å². The molecule has 0 aromatic heterocycles. The Morgan fingerprint density at radius 3 is 2.57 bits per heavy atom. The van der Waals surface area contributed by atoms with Crippen LogP contribution in [0.3, 0.4) is 0 Å². The molecular weight excluding hydrogens is 449 g/mol. The maximum atomic E-state index is 14.3. The van der Waals surface area contributed by atoms with E-state index < -0.39 is 12.1 Å². The quantitative estimate of drug-likeness (QED) is 0.168. The number of ether oxygens (including phenoxy) is 2. The fourth-order valence-electron chi connectivity index (χ4n) is 3.26. The van der Waals surface area contributed by atoms with Gasteiger partial charge in [-0.25, -0.2) is 0 Å². The van der Waals surface area contributed by atoms with Crippen molar-refractivity contribution >= 4 is 24.1 Å². The molecule has 0 saturated heterocycles. The Kier molecular flexibility index (Phi) is 9.13. The third-order valence-corrected chi connectivity index (χ3v) is 4.99. The van der Waals surface area contributed by atoms with Gasteiger partial charge in [-0.3, -0.25) is 10.2 Å². The number of nitrogens with zero attached hydrogens (tertiary/aromatic N) is 1. The molecule has 3 rings (SSSR count). The zero-order valence-corrected chi connectivity index (χ0v) is 19.4. The third-order valence-electron chi connectivity index (χ3n) is 4.99. The molecule has 0 aliphatic carbocycles. The van der Waals surface area contributed by atoms with Gasteiger partial charge in [-0.1, -0.05) is 71.9 Å². The molecule has 0 heterocycles. The van der Waals surface area contributed by atoms with Crippen molar-refractivity contribution in [1.29, 1.82) is 5.41 Å². The molecule has 180 valence electrons. The Morgan fingerprint density at radius 1 is 1.09 bits per heavy atom. The molecule has 35 heavy (non-hydrogen) atoms. The van der Waals surface area contributed by atoms with Gasteiger partial charge < -0.3 is 19.6 Å². The first-order valence-electron chi connectivity index (χ1n) is 10.8. The number of likely N-dealkylation sites (N-methyl/N-ethyl adjacent to an activating group) is 1. The number of hydrogen-bond donors (Lipinski definition) is 2. The van der Waals surface area contributed by atoms with E-state index >= 15 is 0 Å². The zero-order chi connectivity index (χ0) is 25.0. The number of amides is 1. The standard InChI is InChI=1S/C27H26FN3O4/c1-19(21-12-8-13-23(16-21)35-25(28)15-20-9-4-3-5-10-20)31-34-17-22-11-6-7-14-24(22)26(33-18-29)27(32)30-2/h3-16,18,26,29H,17H2,1-2H3,(H,30,32)/b25-15-,29-18?,31-19?. The fraction of sp³-hybridized carbons (Fsp3) is 0.148. The molecule has 1 unspecified atom stereocenters. The highest BCUT2D eigenvalue weighted by Gasteiger charge is 2.23. The first-order chi connectivity index (χ1) is 17.0. The van der Waals surface area contributed by atoms with Crippen LogP contribution >= 0.6 is 0 Å². The maximum Gasteiger partial charge on any atom is 0.278 e. The van der Waals surface area contributed by atoms with Crippen LogP contribution in [0.2, 0.25) is 0 Å². The summed E-state index contributed by atoms with van der Waals surface area (Å²) < 4.78 is 24.8. The lowest BCUT2D eigenvalue weighted by atomic mass is 10.0. The van der Waals surface area contributed by atoms with Crippen LogP contribution in [0.5, 0.6) is 5.75 Å². The van der Waals surface area contributed by atoms with Crippen LogP contribution in [0.25, 0.3) is 6.08 Å². The molecule has 3 aromatic rings. The lowest BCUT2D eigenvalue weighted by Gasteiger charge is -2.17. The van der Waals surface area contributed by atoms with Crippen molar-refractivity contribution in [2.24, 2.45) is 5.16 Å². The summed E-state index contributed by atoms with van der Waals surface area (Å²) in [6.45, 7) is 1.83. The minimum absolute atomic E-state index is 0.0764. The van der Waals surface area contributed by atoms with E-state index in [0.29, 0.717) is 33.7 Å². The second-order valence-electron chi connectivity index (χ2n) is 7.39. The molecule has 2 N–H and O–H groups in total. The monoisotopic (exact) mass is 475 g/mol. The van der Waals surface area contributed by atoms with E-state index in [2.05, 4.69) is 10.5 Å². The molecule has 0 aliphatic heterocycles. The SMILES string of the molecule is CNC(=O)C(OC=N)c1ccccc1CON=C(C)c1cccc(O/C(F)=C\c2ccccc2)c1. The van der Waals surface area contributed by atoms with E-state index in [4.69, 9.17) is 19.7 Å². The van der Waals surface area contributed by atoms with Gasteiger partial charge in [-0.2, -0.15) is 4.39 Å². The minimum Gasteiger partial charge on any atom is -0.466 e. The highest BCUT2D eigenvalue weighted by atomic mass is 19.1. The number of rotatable bonds is 11. The van der Waals surface area contributed by atoms with Crippen molar-refractivity contribution in [3.63, 3.8) is 0 Å². The average Bonchev–Trinajstić information content (AvgIpc) is 2.88. The molecular formula is C27H26FN3O4. The minimum atomic E-state index is -0.977. The first-order valence-corrected chi connectivity index (χ1v) is 10.8. The van der Waals surface area contributed by atoms with Crippen LogP contribution in [0.4, 0.5) is 4.39 Å². The van der Waals surface area contributed by atoms with Gasteiger partial charge in [0.05, 0.1) is 5.71 Å². The topological polar surface area (TPSA) is 93.0 Å². The van der Waals surface area contributed by atoms with Crippen LogP contribution in [-0.2, 0) is 21.0 Å². The highest BCUT2D eigenvalue weighted by molar-refractivity contribution is 5.98. The van der Waals surface area contributed by atoms with Gasteiger partial charge in [0.1, 0.15) is 12.4 Å². The Balaban J connectivity index is 1.69. The number of benzene rings is 3. The molecule has 1 atom stereocenters. The molecule has 0 radical (unpaired) electrons. The van der Waals surface area contributed by atoms with E-state index in [1.54, 1.807) is 61.5 Å².